The van der Waals surface area contributed by atoms with Gasteiger partial charge in [-0.2, -0.15) is 0 Å². The van der Waals surface area contributed by atoms with Crippen LogP contribution in [0, 0.1) is 0 Å². The minimum absolute atomic E-state index is 0.538. The van der Waals surface area contributed by atoms with Crippen LogP contribution < -0.4 is 4.74 Å². The van der Waals surface area contributed by atoms with Gasteiger partial charge in [0.2, 0.25) is 0 Å². The van der Waals surface area contributed by atoms with Gasteiger partial charge in [-0.3, -0.25) is 0 Å². The number of halogens is 1. The second kappa shape index (κ2) is 3.61. The number of ether oxygens (including phenoxy) is 1. The highest BCUT2D eigenvalue weighted by molar-refractivity contribution is 9.10. The highest BCUT2D eigenvalue weighted by Gasteiger charge is 2.13. The lowest BCUT2D eigenvalue weighted by Gasteiger charge is -2.21. The molecule has 14 heavy (non-hydrogen) atoms. The third-order valence-electron chi connectivity index (χ3n) is 2.04. The number of hydrogen-bond donors (Lipinski definition) is 0. The summed E-state index contributed by atoms with van der Waals surface area (Å²) >= 11 is 3.40. The molecule has 74 valence electrons. The van der Waals surface area contributed by atoms with E-state index in [9.17, 15) is 0 Å². The molecule has 0 unspecified atom stereocenters. The maximum absolute atomic E-state index is 5.58. The van der Waals surface area contributed by atoms with E-state index in [0.29, 0.717) is 6.61 Å². The molecule has 0 aliphatic carbocycles. The molecule has 0 fully saturated rings. The monoisotopic (exact) mass is 254 g/mol. The molecule has 0 saturated heterocycles. The molecule has 0 aromatic heterocycles. The molecule has 0 atom stereocenters. The van der Waals surface area contributed by atoms with Gasteiger partial charge in [0, 0.05) is 18.6 Å². The largest absolute Gasteiger partial charge is 0.483 e. The van der Waals surface area contributed by atoms with E-state index in [0.717, 1.165) is 21.7 Å². The van der Waals surface area contributed by atoms with Gasteiger partial charge >= 0.3 is 0 Å². The molecule has 1 aromatic carbocycles. The fourth-order valence-electron chi connectivity index (χ4n) is 1.24. The van der Waals surface area contributed by atoms with Crippen LogP contribution in [0.15, 0.2) is 27.7 Å². The van der Waals surface area contributed by atoms with Crippen molar-refractivity contribution >= 4 is 27.5 Å². The van der Waals surface area contributed by atoms with Crippen LogP contribution in [0.25, 0.3) is 0 Å². The maximum Gasteiger partial charge on any atom is 0.146 e. The number of aliphatic imine (C=N–C) groups is 1. The van der Waals surface area contributed by atoms with Crippen LogP contribution in [0.4, 0.5) is 5.69 Å². The topological polar surface area (TPSA) is 24.8 Å². The quantitative estimate of drug-likeness (QED) is 0.711. The van der Waals surface area contributed by atoms with Gasteiger partial charge < -0.3 is 9.64 Å². The van der Waals surface area contributed by atoms with E-state index in [1.807, 2.05) is 37.2 Å². The number of amidine groups is 1. The predicted molar refractivity (Wildman–Crippen MR) is 60.4 cm³/mol. The number of nitrogens with zero attached hydrogens (tertiary/aromatic N) is 2. The van der Waals surface area contributed by atoms with Crippen molar-refractivity contribution in [3.63, 3.8) is 0 Å². The van der Waals surface area contributed by atoms with Crippen molar-refractivity contribution in [2.24, 2.45) is 4.99 Å². The molecule has 0 amide bonds. The average molecular weight is 255 g/mol. The Morgan fingerprint density at radius 3 is 2.93 bits per heavy atom. The first-order chi connectivity index (χ1) is 6.66. The minimum atomic E-state index is 0.538. The molecule has 3 nitrogen and oxygen atoms in total. The molecule has 1 aromatic rings. The van der Waals surface area contributed by atoms with E-state index < -0.39 is 0 Å². The average Bonchev–Trinajstić information content (AvgIpc) is 2.16. The molecule has 1 heterocycles. The van der Waals surface area contributed by atoms with Crippen molar-refractivity contribution in [2.75, 3.05) is 20.7 Å². The maximum atomic E-state index is 5.58. The zero-order valence-electron chi connectivity index (χ0n) is 8.12. The molecule has 0 saturated carbocycles. The van der Waals surface area contributed by atoms with E-state index in [4.69, 9.17) is 4.74 Å². The molecule has 0 N–H and O–H groups in total. The number of benzene rings is 1. The number of fused-ring (bicyclic) bond motifs is 1. The fourth-order valence-corrected chi connectivity index (χ4v) is 1.58. The van der Waals surface area contributed by atoms with E-state index in [1.165, 1.54) is 0 Å². The van der Waals surface area contributed by atoms with E-state index >= 15 is 0 Å². The summed E-state index contributed by atoms with van der Waals surface area (Å²) in [5.41, 5.74) is 0.892. The third kappa shape index (κ3) is 1.75. The smallest absolute Gasteiger partial charge is 0.146 e. The predicted octanol–water partition coefficient (Wildman–Crippen LogP) is 2.43. The zero-order valence-corrected chi connectivity index (χ0v) is 9.71. The Kier molecular flexibility index (Phi) is 2.46. The Morgan fingerprint density at radius 1 is 1.43 bits per heavy atom. The van der Waals surface area contributed by atoms with Crippen LogP contribution in [-0.4, -0.2) is 31.4 Å². The Balaban J connectivity index is 2.40. The van der Waals surface area contributed by atoms with E-state index in [2.05, 4.69) is 20.9 Å². The van der Waals surface area contributed by atoms with Crippen molar-refractivity contribution in [1.29, 1.82) is 0 Å². The normalized spacial score (nSPS) is 14.1. The number of rotatable bonds is 0. The summed E-state index contributed by atoms with van der Waals surface area (Å²) in [6.07, 6.45) is 0. The van der Waals surface area contributed by atoms with Crippen LogP contribution >= 0.6 is 15.9 Å². The molecular weight excluding hydrogens is 244 g/mol. The lowest BCUT2D eigenvalue weighted by molar-refractivity contribution is 0.353. The molecule has 0 bridgehead atoms. The summed E-state index contributed by atoms with van der Waals surface area (Å²) in [4.78, 5) is 6.45. The lowest BCUT2D eigenvalue weighted by Crippen LogP contribution is -2.29. The summed E-state index contributed by atoms with van der Waals surface area (Å²) in [5, 5.41) is 0. The molecule has 4 heteroatoms. The highest BCUT2D eigenvalue weighted by atomic mass is 79.9. The Hall–Kier alpha value is -1.03. The SMILES string of the molecule is CN(C)C1=Nc2ccc(Br)cc2OC1. The van der Waals surface area contributed by atoms with Gasteiger partial charge in [0.15, 0.2) is 0 Å². The first-order valence-electron chi connectivity index (χ1n) is 4.34. The molecule has 0 spiro atoms. The molecule has 1 aliphatic rings. The summed E-state index contributed by atoms with van der Waals surface area (Å²) < 4.78 is 6.59. The van der Waals surface area contributed by atoms with Crippen LogP contribution in [0.2, 0.25) is 0 Å². The van der Waals surface area contributed by atoms with Crippen LogP contribution in [-0.2, 0) is 0 Å². The third-order valence-corrected chi connectivity index (χ3v) is 2.54. The zero-order chi connectivity index (χ0) is 10.1. The highest BCUT2D eigenvalue weighted by Crippen LogP contribution is 2.33. The van der Waals surface area contributed by atoms with Crippen LogP contribution in [0.5, 0.6) is 5.75 Å². The Morgan fingerprint density at radius 2 is 2.21 bits per heavy atom. The van der Waals surface area contributed by atoms with Crippen molar-refractivity contribution in [3.05, 3.63) is 22.7 Å². The summed E-state index contributed by atoms with van der Waals surface area (Å²) in [6.45, 7) is 0.538. The Bertz CT molecular complexity index is 388. The molecular formula is C10H11BrN2O. The van der Waals surface area contributed by atoms with Crippen molar-refractivity contribution < 1.29 is 4.74 Å². The second-order valence-electron chi connectivity index (χ2n) is 3.32. The van der Waals surface area contributed by atoms with Gasteiger partial charge in [-0.1, -0.05) is 15.9 Å². The second-order valence-corrected chi connectivity index (χ2v) is 4.24. The van der Waals surface area contributed by atoms with Gasteiger partial charge in [-0.05, 0) is 18.2 Å². The minimum Gasteiger partial charge on any atom is -0.483 e. The summed E-state index contributed by atoms with van der Waals surface area (Å²) in [6, 6.07) is 5.84. The molecule has 2 rings (SSSR count). The van der Waals surface area contributed by atoms with Crippen molar-refractivity contribution in [1.82, 2.24) is 4.90 Å². The van der Waals surface area contributed by atoms with Crippen molar-refractivity contribution in [2.45, 2.75) is 0 Å². The molecule has 1 aliphatic heterocycles. The van der Waals surface area contributed by atoms with Crippen LogP contribution in [0.1, 0.15) is 0 Å². The van der Waals surface area contributed by atoms with Gasteiger partial charge in [0.05, 0.1) is 0 Å². The lowest BCUT2D eigenvalue weighted by atomic mass is 10.3. The summed E-state index contributed by atoms with van der Waals surface area (Å²) in [5.74, 6) is 1.78. The first kappa shape index (κ1) is 9.52. The van der Waals surface area contributed by atoms with Gasteiger partial charge in [0.25, 0.3) is 0 Å². The molecule has 0 radical (unpaired) electrons. The fraction of sp³-hybridized carbons (Fsp3) is 0.300. The Labute approximate surface area is 91.5 Å². The van der Waals surface area contributed by atoms with Crippen LogP contribution in [0.3, 0.4) is 0 Å². The van der Waals surface area contributed by atoms with Gasteiger partial charge in [-0.25, -0.2) is 4.99 Å². The van der Waals surface area contributed by atoms with E-state index in [-0.39, 0.29) is 0 Å². The standard InChI is InChI=1S/C10H11BrN2O/c1-13(2)10-6-14-9-5-7(11)3-4-8(9)12-10/h3-5H,6H2,1-2H3. The number of hydrogen-bond acceptors (Lipinski definition) is 3. The van der Waals surface area contributed by atoms with Gasteiger partial charge in [0.1, 0.15) is 23.9 Å². The van der Waals surface area contributed by atoms with E-state index in [1.54, 1.807) is 0 Å². The van der Waals surface area contributed by atoms with Gasteiger partial charge in [-0.15, -0.1) is 0 Å². The summed E-state index contributed by atoms with van der Waals surface area (Å²) in [7, 11) is 3.93. The van der Waals surface area contributed by atoms with Crippen molar-refractivity contribution in [3.8, 4) is 5.75 Å². The number of likely N-dealkylation sites (N-methyl/N-ethyl adjacent to an activating group) is 1. The first-order valence-corrected chi connectivity index (χ1v) is 5.13.